The molecule has 3 heterocycles. The number of hydrogen-bond donors (Lipinski definition) is 1. The molecule has 5 rings (SSSR count). The summed E-state index contributed by atoms with van der Waals surface area (Å²) in [6.45, 7) is 12.9. The maximum Gasteiger partial charge on any atom is 0.341 e. The molecule has 222 valence electrons. The number of aryl methyl sites for hydroxylation is 2. The molecule has 0 fully saturated rings. The SMILES string of the molecule is CCCCCCCCc1cccc2[nH]c(C)c(C3(c4ccc(N(CC)CC)cc4OCC)OC(=O)c4cccnc43)c12. The van der Waals surface area contributed by atoms with Crippen molar-refractivity contribution in [3.8, 4) is 5.75 Å². The Labute approximate surface area is 250 Å². The van der Waals surface area contributed by atoms with Gasteiger partial charge in [-0.3, -0.25) is 4.98 Å². The van der Waals surface area contributed by atoms with Crippen LogP contribution in [0.1, 0.15) is 105 Å². The second-order valence-corrected chi connectivity index (χ2v) is 11.2. The molecule has 42 heavy (non-hydrogen) atoms. The Bertz CT molecular complexity index is 1540. The van der Waals surface area contributed by atoms with Gasteiger partial charge in [-0.05, 0) is 76.4 Å². The van der Waals surface area contributed by atoms with Gasteiger partial charge in [-0.25, -0.2) is 4.79 Å². The Morgan fingerprint density at radius 3 is 2.50 bits per heavy atom. The van der Waals surface area contributed by atoms with Gasteiger partial charge in [-0.2, -0.15) is 0 Å². The van der Waals surface area contributed by atoms with Crippen molar-refractivity contribution in [1.82, 2.24) is 9.97 Å². The number of unbranched alkanes of at least 4 members (excludes halogenated alkanes) is 5. The number of nitrogens with one attached hydrogen (secondary N) is 1. The molecule has 0 saturated heterocycles. The molecule has 1 aliphatic heterocycles. The number of pyridine rings is 1. The van der Waals surface area contributed by atoms with Crippen LogP contribution in [0, 0.1) is 6.92 Å². The predicted molar refractivity (Wildman–Crippen MR) is 171 cm³/mol. The molecule has 0 aliphatic carbocycles. The third kappa shape index (κ3) is 5.28. The van der Waals surface area contributed by atoms with Gasteiger partial charge in [0.1, 0.15) is 11.4 Å². The molecule has 1 aliphatic rings. The first kappa shape index (κ1) is 29.7. The second-order valence-electron chi connectivity index (χ2n) is 11.2. The first-order valence-corrected chi connectivity index (χ1v) is 15.8. The molecule has 0 amide bonds. The van der Waals surface area contributed by atoms with Crippen molar-refractivity contribution < 1.29 is 14.3 Å². The number of aromatic nitrogens is 2. The fourth-order valence-corrected chi connectivity index (χ4v) is 6.64. The van der Waals surface area contributed by atoms with E-state index in [0.717, 1.165) is 59.3 Å². The zero-order valence-corrected chi connectivity index (χ0v) is 25.9. The molecule has 1 unspecified atom stereocenters. The van der Waals surface area contributed by atoms with Crippen molar-refractivity contribution in [3.05, 3.63) is 88.4 Å². The molecule has 1 N–H and O–H groups in total. The van der Waals surface area contributed by atoms with E-state index in [1.165, 1.54) is 37.7 Å². The fourth-order valence-electron chi connectivity index (χ4n) is 6.64. The highest BCUT2D eigenvalue weighted by Gasteiger charge is 2.53. The smallest absolute Gasteiger partial charge is 0.341 e. The Morgan fingerprint density at radius 2 is 1.74 bits per heavy atom. The Hall–Kier alpha value is -3.80. The number of fused-ring (bicyclic) bond motifs is 2. The highest BCUT2D eigenvalue weighted by molar-refractivity contribution is 5.98. The summed E-state index contributed by atoms with van der Waals surface area (Å²) < 4.78 is 12.9. The summed E-state index contributed by atoms with van der Waals surface area (Å²) in [5.41, 5.74) is 5.95. The number of aromatic amines is 1. The van der Waals surface area contributed by atoms with E-state index >= 15 is 0 Å². The number of benzene rings is 2. The molecule has 0 bridgehead atoms. The maximum absolute atomic E-state index is 13.6. The Morgan fingerprint density at radius 1 is 0.952 bits per heavy atom. The van der Waals surface area contributed by atoms with Crippen LogP contribution in [-0.2, 0) is 16.8 Å². The molecular formula is C36H45N3O3. The lowest BCUT2D eigenvalue weighted by atomic mass is 9.79. The third-order valence-corrected chi connectivity index (χ3v) is 8.63. The maximum atomic E-state index is 13.6. The summed E-state index contributed by atoms with van der Waals surface area (Å²) in [5.74, 6) is 0.339. The van der Waals surface area contributed by atoms with Crippen LogP contribution in [0.3, 0.4) is 0 Å². The quantitative estimate of drug-likeness (QED) is 0.122. The van der Waals surface area contributed by atoms with E-state index < -0.39 is 5.60 Å². The van der Waals surface area contributed by atoms with Gasteiger partial charge < -0.3 is 19.4 Å². The van der Waals surface area contributed by atoms with Gasteiger partial charge in [0, 0.05) is 58.8 Å². The van der Waals surface area contributed by atoms with Crippen molar-refractivity contribution in [3.63, 3.8) is 0 Å². The number of anilines is 1. The number of carbonyl (C=O) groups is 1. The van der Waals surface area contributed by atoms with Gasteiger partial charge in [0.05, 0.1) is 12.2 Å². The number of cyclic esters (lactones) is 1. The van der Waals surface area contributed by atoms with E-state index in [1.807, 2.05) is 13.0 Å². The van der Waals surface area contributed by atoms with E-state index in [9.17, 15) is 4.79 Å². The van der Waals surface area contributed by atoms with E-state index in [1.54, 1.807) is 12.3 Å². The Balaban J connectivity index is 1.73. The molecule has 0 radical (unpaired) electrons. The first-order valence-electron chi connectivity index (χ1n) is 15.8. The van der Waals surface area contributed by atoms with E-state index in [4.69, 9.17) is 14.5 Å². The van der Waals surface area contributed by atoms with Gasteiger partial charge >= 0.3 is 5.97 Å². The van der Waals surface area contributed by atoms with Crippen LogP contribution in [0.5, 0.6) is 5.75 Å². The van der Waals surface area contributed by atoms with Crippen LogP contribution in [0.25, 0.3) is 10.9 Å². The molecule has 0 saturated carbocycles. The molecule has 6 heteroatoms. The van der Waals surface area contributed by atoms with Gasteiger partial charge in [0.15, 0.2) is 0 Å². The molecular weight excluding hydrogens is 522 g/mol. The van der Waals surface area contributed by atoms with Gasteiger partial charge in [-0.1, -0.05) is 51.2 Å². The summed E-state index contributed by atoms with van der Waals surface area (Å²) in [6, 6.07) is 16.4. The fraction of sp³-hybridized carbons (Fsp3) is 0.444. The van der Waals surface area contributed by atoms with E-state index in [0.29, 0.717) is 23.6 Å². The molecule has 4 aromatic rings. The number of nitrogens with zero attached hydrogens (tertiary/aromatic N) is 2. The number of ether oxygens (including phenoxy) is 2. The van der Waals surface area contributed by atoms with Crippen LogP contribution in [0.15, 0.2) is 54.7 Å². The lowest BCUT2D eigenvalue weighted by molar-refractivity contribution is 0.0238. The van der Waals surface area contributed by atoms with Gasteiger partial charge in [-0.15, -0.1) is 0 Å². The summed E-state index contributed by atoms with van der Waals surface area (Å²) in [6.07, 6.45) is 10.2. The standard InChI is InChI=1S/C36H45N3O3/c1-6-10-11-12-13-14-17-26-18-15-20-30-32(26)33(25(5)38-30)36(34-28(35(40)42-36)19-16-23-37-34)29-22-21-27(39(7-2)8-3)24-31(29)41-9-4/h15-16,18-24,38H,6-14,17H2,1-5H3. The zero-order valence-electron chi connectivity index (χ0n) is 25.9. The minimum atomic E-state index is -1.25. The molecule has 1 atom stereocenters. The normalized spacial score (nSPS) is 16.1. The Kier molecular flexibility index (Phi) is 9.20. The van der Waals surface area contributed by atoms with E-state index in [2.05, 4.69) is 74.0 Å². The van der Waals surface area contributed by atoms with Crippen LogP contribution < -0.4 is 9.64 Å². The molecule has 2 aromatic heterocycles. The number of rotatable bonds is 14. The molecule has 6 nitrogen and oxygen atoms in total. The number of hydrogen-bond acceptors (Lipinski definition) is 5. The largest absolute Gasteiger partial charge is 0.493 e. The van der Waals surface area contributed by atoms with Crippen LogP contribution >= 0.6 is 0 Å². The van der Waals surface area contributed by atoms with Crippen LogP contribution in [0.2, 0.25) is 0 Å². The van der Waals surface area contributed by atoms with Crippen molar-refractivity contribution >= 4 is 22.6 Å². The monoisotopic (exact) mass is 567 g/mol. The summed E-state index contributed by atoms with van der Waals surface area (Å²) in [7, 11) is 0. The predicted octanol–water partition coefficient (Wildman–Crippen LogP) is 8.48. The highest BCUT2D eigenvalue weighted by Crippen LogP contribution is 2.53. The molecule has 2 aromatic carbocycles. The summed E-state index contributed by atoms with van der Waals surface area (Å²) >= 11 is 0. The van der Waals surface area contributed by atoms with Crippen molar-refractivity contribution in [2.45, 2.75) is 85.2 Å². The van der Waals surface area contributed by atoms with Crippen molar-refractivity contribution in [2.75, 3.05) is 24.6 Å². The topological polar surface area (TPSA) is 67.5 Å². The minimum Gasteiger partial charge on any atom is -0.493 e. The lowest BCUT2D eigenvalue weighted by Gasteiger charge is -2.32. The van der Waals surface area contributed by atoms with Crippen molar-refractivity contribution in [1.29, 1.82) is 0 Å². The average Bonchev–Trinajstić information content (AvgIpc) is 3.50. The second kappa shape index (κ2) is 13.0. The van der Waals surface area contributed by atoms with Gasteiger partial charge in [0.2, 0.25) is 5.60 Å². The van der Waals surface area contributed by atoms with Gasteiger partial charge in [0.25, 0.3) is 0 Å². The average molecular weight is 568 g/mol. The summed E-state index contributed by atoms with van der Waals surface area (Å²) in [4.78, 5) is 24.4. The van der Waals surface area contributed by atoms with E-state index in [-0.39, 0.29) is 5.97 Å². The number of esters is 1. The minimum absolute atomic E-state index is 0.365. The lowest BCUT2D eigenvalue weighted by Crippen LogP contribution is -2.32. The first-order chi connectivity index (χ1) is 20.5. The number of H-pyrrole nitrogens is 1. The summed E-state index contributed by atoms with van der Waals surface area (Å²) in [5, 5.41) is 1.12. The number of carbonyl (C=O) groups excluding carboxylic acids is 1. The van der Waals surface area contributed by atoms with Crippen molar-refractivity contribution in [2.24, 2.45) is 0 Å². The zero-order chi connectivity index (χ0) is 29.7. The highest BCUT2D eigenvalue weighted by atomic mass is 16.6. The van der Waals surface area contributed by atoms with Crippen LogP contribution in [-0.4, -0.2) is 35.6 Å². The molecule has 0 spiro atoms. The van der Waals surface area contributed by atoms with Crippen LogP contribution in [0.4, 0.5) is 5.69 Å². The third-order valence-electron chi connectivity index (χ3n) is 8.63.